The number of carbonyl (C=O) groups is 2. The summed E-state index contributed by atoms with van der Waals surface area (Å²) in [5, 5.41) is 4.77. The third kappa shape index (κ3) is 4.42. The summed E-state index contributed by atoms with van der Waals surface area (Å²) in [5.41, 5.74) is 3.91. The molecule has 8 heteroatoms. The predicted octanol–water partition coefficient (Wildman–Crippen LogP) is 4.25. The van der Waals surface area contributed by atoms with E-state index in [1.807, 2.05) is 42.5 Å². The summed E-state index contributed by atoms with van der Waals surface area (Å²) in [6.07, 6.45) is 0.682. The molecular formula is C27H24N2O6. The van der Waals surface area contributed by atoms with Crippen LogP contribution in [0.25, 0.3) is 22.2 Å². The molecule has 1 aromatic heterocycles. The Labute approximate surface area is 202 Å². The molecule has 5 rings (SSSR count). The van der Waals surface area contributed by atoms with Crippen molar-refractivity contribution < 1.29 is 28.3 Å². The summed E-state index contributed by atoms with van der Waals surface area (Å²) in [7, 11) is 3.18. The Bertz CT molecular complexity index is 1400. The zero-order chi connectivity index (χ0) is 24.4. The van der Waals surface area contributed by atoms with Crippen LogP contribution in [-0.4, -0.2) is 49.3 Å². The lowest BCUT2D eigenvalue weighted by molar-refractivity contribution is -0.135. The predicted molar refractivity (Wildman–Crippen MR) is 128 cm³/mol. The largest absolute Gasteiger partial charge is 0.493 e. The van der Waals surface area contributed by atoms with Crippen LogP contribution in [0.4, 0.5) is 0 Å². The van der Waals surface area contributed by atoms with E-state index in [4.69, 9.17) is 18.7 Å². The molecular weight excluding hydrogens is 448 g/mol. The number of nitrogens with zero attached hydrogens (tertiary/aromatic N) is 2. The highest BCUT2D eigenvalue weighted by Crippen LogP contribution is 2.33. The van der Waals surface area contributed by atoms with Crippen molar-refractivity contribution in [3.05, 3.63) is 77.4 Å². The Kier molecular flexibility index (Phi) is 6.10. The fourth-order valence-corrected chi connectivity index (χ4v) is 4.26. The van der Waals surface area contributed by atoms with Crippen molar-refractivity contribution in [2.75, 3.05) is 27.4 Å². The van der Waals surface area contributed by atoms with Crippen LogP contribution < -0.4 is 9.47 Å². The number of carbonyl (C=O) groups excluding carboxylic acids is 2. The highest BCUT2D eigenvalue weighted by molar-refractivity contribution is 5.99. The molecule has 0 N–H and O–H groups in total. The summed E-state index contributed by atoms with van der Waals surface area (Å²) >= 11 is 0. The first-order chi connectivity index (χ1) is 17.1. The van der Waals surface area contributed by atoms with Gasteiger partial charge in [-0.1, -0.05) is 35.5 Å². The maximum absolute atomic E-state index is 12.8. The molecule has 0 atom stereocenters. The van der Waals surface area contributed by atoms with Gasteiger partial charge in [-0.2, -0.15) is 0 Å². The van der Waals surface area contributed by atoms with Gasteiger partial charge in [0.1, 0.15) is 5.52 Å². The second-order valence-electron chi connectivity index (χ2n) is 8.23. The van der Waals surface area contributed by atoms with E-state index in [2.05, 4.69) is 5.16 Å². The summed E-state index contributed by atoms with van der Waals surface area (Å²) in [4.78, 5) is 27.2. The van der Waals surface area contributed by atoms with Crippen LogP contribution in [0.3, 0.4) is 0 Å². The number of amides is 1. The van der Waals surface area contributed by atoms with Crippen molar-refractivity contribution in [1.82, 2.24) is 10.1 Å². The van der Waals surface area contributed by atoms with Gasteiger partial charge in [-0.25, -0.2) is 4.79 Å². The highest BCUT2D eigenvalue weighted by atomic mass is 16.5. The van der Waals surface area contributed by atoms with E-state index < -0.39 is 5.97 Å². The van der Waals surface area contributed by atoms with Crippen LogP contribution in [-0.2, 0) is 22.5 Å². The van der Waals surface area contributed by atoms with Gasteiger partial charge in [0.15, 0.2) is 23.9 Å². The lowest BCUT2D eigenvalue weighted by atomic mass is 9.99. The summed E-state index contributed by atoms with van der Waals surface area (Å²) in [6, 6.07) is 18.4. The third-order valence-corrected chi connectivity index (χ3v) is 6.15. The first-order valence-corrected chi connectivity index (χ1v) is 11.2. The van der Waals surface area contributed by atoms with Crippen LogP contribution in [0.5, 0.6) is 11.5 Å². The van der Waals surface area contributed by atoms with Crippen molar-refractivity contribution >= 4 is 22.8 Å². The standard InChI is InChI=1S/C27H24N2O6/c1-32-23-13-18-10-11-29(15-20(18)14-24(23)33-2)25(30)16-34-27(31)19-8-9-22-21(12-19)26(35-28-22)17-6-4-3-5-7-17/h3-9,12-14H,10-11,15-16H2,1-2H3. The zero-order valence-electron chi connectivity index (χ0n) is 19.4. The highest BCUT2D eigenvalue weighted by Gasteiger charge is 2.24. The maximum atomic E-state index is 12.8. The van der Waals surface area contributed by atoms with Crippen LogP contribution >= 0.6 is 0 Å². The van der Waals surface area contributed by atoms with Gasteiger partial charge >= 0.3 is 5.97 Å². The molecule has 8 nitrogen and oxygen atoms in total. The van der Waals surface area contributed by atoms with Crippen LogP contribution in [0.1, 0.15) is 21.5 Å². The molecule has 0 unspecified atom stereocenters. The molecule has 35 heavy (non-hydrogen) atoms. The molecule has 0 radical (unpaired) electrons. The van der Waals surface area contributed by atoms with Gasteiger partial charge in [-0.05, 0) is 47.9 Å². The fraction of sp³-hybridized carbons (Fsp3) is 0.222. The molecule has 1 aliphatic rings. The molecule has 0 saturated carbocycles. The molecule has 2 heterocycles. The van der Waals surface area contributed by atoms with Crippen molar-refractivity contribution in [2.45, 2.75) is 13.0 Å². The van der Waals surface area contributed by atoms with E-state index in [1.165, 1.54) is 0 Å². The Morgan fingerprint density at radius 2 is 1.71 bits per heavy atom. The number of fused-ring (bicyclic) bond motifs is 2. The minimum absolute atomic E-state index is 0.255. The monoisotopic (exact) mass is 472 g/mol. The number of hydrogen-bond donors (Lipinski definition) is 0. The van der Waals surface area contributed by atoms with Gasteiger partial charge in [0, 0.05) is 18.7 Å². The second kappa shape index (κ2) is 9.50. The van der Waals surface area contributed by atoms with Crippen molar-refractivity contribution in [2.24, 2.45) is 0 Å². The van der Waals surface area contributed by atoms with Gasteiger partial charge in [0.2, 0.25) is 0 Å². The van der Waals surface area contributed by atoms with Gasteiger partial charge < -0.3 is 23.6 Å². The smallest absolute Gasteiger partial charge is 0.338 e. The molecule has 4 aromatic rings. The first kappa shape index (κ1) is 22.5. The molecule has 3 aromatic carbocycles. The fourth-order valence-electron chi connectivity index (χ4n) is 4.26. The number of esters is 1. The average Bonchev–Trinajstić information content (AvgIpc) is 3.34. The van der Waals surface area contributed by atoms with E-state index in [9.17, 15) is 9.59 Å². The van der Waals surface area contributed by atoms with Crippen LogP contribution in [0.15, 0.2) is 65.2 Å². The van der Waals surface area contributed by atoms with E-state index in [0.717, 1.165) is 16.7 Å². The second-order valence-corrected chi connectivity index (χ2v) is 8.23. The molecule has 0 spiro atoms. The summed E-state index contributed by atoms with van der Waals surface area (Å²) in [6.45, 7) is 0.611. The number of benzene rings is 3. The maximum Gasteiger partial charge on any atom is 0.338 e. The Balaban J connectivity index is 1.26. The Morgan fingerprint density at radius 1 is 0.971 bits per heavy atom. The van der Waals surface area contributed by atoms with Gasteiger partial charge in [0.25, 0.3) is 5.91 Å². The van der Waals surface area contributed by atoms with E-state index in [-0.39, 0.29) is 12.5 Å². The van der Waals surface area contributed by atoms with E-state index in [0.29, 0.717) is 53.2 Å². The van der Waals surface area contributed by atoms with Gasteiger partial charge in [-0.3, -0.25) is 4.79 Å². The van der Waals surface area contributed by atoms with E-state index in [1.54, 1.807) is 37.3 Å². The molecule has 0 aliphatic carbocycles. The topological polar surface area (TPSA) is 91.1 Å². The number of ether oxygens (including phenoxy) is 3. The van der Waals surface area contributed by atoms with Crippen molar-refractivity contribution in [3.63, 3.8) is 0 Å². The zero-order valence-corrected chi connectivity index (χ0v) is 19.4. The number of rotatable bonds is 6. The minimum Gasteiger partial charge on any atom is -0.493 e. The van der Waals surface area contributed by atoms with Crippen LogP contribution in [0, 0.1) is 0 Å². The molecule has 0 bridgehead atoms. The molecule has 178 valence electrons. The lowest BCUT2D eigenvalue weighted by Crippen LogP contribution is -2.38. The SMILES string of the molecule is COc1cc2c(cc1OC)CN(C(=O)COC(=O)c1ccc3noc(-c4ccccc4)c3c1)CC2. The molecule has 0 fully saturated rings. The number of aromatic nitrogens is 1. The average molecular weight is 472 g/mol. The lowest BCUT2D eigenvalue weighted by Gasteiger charge is -2.29. The number of methoxy groups -OCH3 is 2. The Hall–Kier alpha value is -4.33. The number of hydrogen-bond acceptors (Lipinski definition) is 7. The van der Waals surface area contributed by atoms with Crippen LogP contribution in [0.2, 0.25) is 0 Å². The molecule has 0 saturated heterocycles. The van der Waals surface area contributed by atoms with Gasteiger partial charge in [0.05, 0.1) is 25.2 Å². The Morgan fingerprint density at radius 3 is 2.46 bits per heavy atom. The summed E-state index contributed by atoms with van der Waals surface area (Å²) < 4.78 is 21.6. The quantitative estimate of drug-likeness (QED) is 0.388. The third-order valence-electron chi connectivity index (χ3n) is 6.15. The van der Waals surface area contributed by atoms with E-state index >= 15 is 0 Å². The van der Waals surface area contributed by atoms with Gasteiger partial charge in [-0.15, -0.1) is 0 Å². The van der Waals surface area contributed by atoms with Crippen molar-refractivity contribution in [1.29, 1.82) is 0 Å². The molecule has 1 amide bonds. The molecule has 1 aliphatic heterocycles. The minimum atomic E-state index is -0.579. The normalized spacial score (nSPS) is 12.8. The summed E-state index contributed by atoms with van der Waals surface area (Å²) in [5.74, 6) is 1.02. The van der Waals surface area contributed by atoms with Crippen molar-refractivity contribution in [3.8, 4) is 22.8 Å². The first-order valence-electron chi connectivity index (χ1n) is 11.2.